The second-order valence-corrected chi connectivity index (χ2v) is 4.30. The van der Waals surface area contributed by atoms with Crippen molar-refractivity contribution in [2.45, 2.75) is 45.6 Å². The molecule has 0 N–H and O–H groups in total. The van der Waals surface area contributed by atoms with Crippen LogP contribution in [-0.2, 0) is 0 Å². The van der Waals surface area contributed by atoms with Crippen molar-refractivity contribution in [2.24, 2.45) is 0 Å². The zero-order valence-electron chi connectivity index (χ0n) is 8.71. The van der Waals surface area contributed by atoms with Crippen molar-refractivity contribution >= 4 is 0 Å². The van der Waals surface area contributed by atoms with Crippen LogP contribution in [0.1, 0.15) is 39.5 Å². The van der Waals surface area contributed by atoms with Gasteiger partial charge < -0.3 is 4.90 Å². The lowest BCUT2D eigenvalue weighted by atomic mass is 9.94. The van der Waals surface area contributed by atoms with Crippen LogP contribution in [0.3, 0.4) is 0 Å². The third-order valence-corrected chi connectivity index (χ3v) is 3.05. The summed E-state index contributed by atoms with van der Waals surface area (Å²) >= 11 is 0. The van der Waals surface area contributed by atoms with Crippen LogP contribution >= 0.6 is 0 Å². The largest absolute Gasteiger partial charge is 0.372 e. The summed E-state index contributed by atoms with van der Waals surface area (Å²) in [6.45, 7) is 5.87. The molecule has 0 unspecified atom stereocenters. The summed E-state index contributed by atoms with van der Waals surface area (Å²) in [7, 11) is 0. The zero-order valence-corrected chi connectivity index (χ0v) is 8.71. The first-order chi connectivity index (χ1) is 6.29. The molecule has 0 aromatic heterocycles. The van der Waals surface area contributed by atoms with Gasteiger partial charge in [-0.1, -0.05) is 12.2 Å². The maximum atomic E-state index is 2.59. The summed E-state index contributed by atoms with van der Waals surface area (Å²) in [5, 5.41) is 0. The monoisotopic (exact) mass is 177 g/mol. The van der Waals surface area contributed by atoms with Crippen LogP contribution in [0, 0.1) is 0 Å². The van der Waals surface area contributed by atoms with Crippen LogP contribution in [0.15, 0.2) is 23.4 Å². The molecule has 1 heteroatoms. The Bertz CT molecular complexity index is 248. The van der Waals surface area contributed by atoms with Crippen molar-refractivity contribution in [3.8, 4) is 0 Å². The van der Waals surface area contributed by atoms with Gasteiger partial charge in [-0.3, -0.25) is 0 Å². The fourth-order valence-corrected chi connectivity index (χ4v) is 2.40. The number of nitrogens with zero attached hydrogens (tertiary/aromatic N) is 1. The van der Waals surface area contributed by atoms with E-state index in [2.05, 4.69) is 30.9 Å². The van der Waals surface area contributed by atoms with E-state index in [1.54, 1.807) is 11.3 Å². The van der Waals surface area contributed by atoms with Crippen LogP contribution in [0.25, 0.3) is 0 Å². The Kier molecular flexibility index (Phi) is 2.43. The molecule has 1 aliphatic heterocycles. The first-order valence-electron chi connectivity index (χ1n) is 5.44. The van der Waals surface area contributed by atoms with Gasteiger partial charge in [-0.2, -0.15) is 0 Å². The van der Waals surface area contributed by atoms with E-state index in [1.165, 1.54) is 32.2 Å². The average molecular weight is 177 g/mol. The molecular weight excluding hydrogens is 158 g/mol. The molecule has 1 aliphatic carbocycles. The van der Waals surface area contributed by atoms with Gasteiger partial charge in [0.1, 0.15) is 0 Å². The van der Waals surface area contributed by atoms with E-state index in [0.29, 0.717) is 6.04 Å². The lowest BCUT2D eigenvalue weighted by Crippen LogP contribution is -2.35. The highest BCUT2D eigenvalue weighted by Crippen LogP contribution is 2.31. The minimum atomic E-state index is 0.678. The molecule has 1 heterocycles. The van der Waals surface area contributed by atoms with Crippen molar-refractivity contribution in [1.82, 2.24) is 4.90 Å². The van der Waals surface area contributed by atoms with E-state index >= 15 is 0 Å². The second kappa shape index (κ2) is 3.57. The quantitative estimate of drug-likeness (QED) is 0.595. The van der Waals surface area contributed by atoms with Crippen molar-refractivity contribution < 1.29 is 0 Å². The standard InChI is InChI=1S/C12H19N/c1-10(2)13-9-5-7-11-6-3-4-8-12(11)13/h3,6,10H,4-5,7-9H2,1-2H3. The lowest BCUT2D eigenvalue weighted by Gasteiger charge is -2.37. The van der Waals surface area contributed by atoms with Gasteiger partial charge in [0.05, 0.1) is 0 Å². The van der Waals surface area contributed by atoms with E-state index in [4.69, 9.17) is 0 Å². The fraction of sp³-hybridized carbons (Fsp3) is 0.667. The van der Waals surface area contributed by atoms with Gasteiger partial charge in [-0.15, -0.1) is 0 Å². The SMILES string of the molecule is CC(C)N1CCCC2=C1CCC=C2. The Morgan fingerprint density at radius 1 is 1.31 bits per heavy atom. The van der Waals surface area contributed by atoms with Gasteiger partial charge in [-0.25, -0.2) is 0 Å². The molecule has 0 amide bonds. The molecule has 0 bridgehead atoms. The molecule has 0 saturated heterocycles. The smallest absolute Gasteiger partial charge is 0.0230 e. The van der Waals surface area contributed by atoms with Crippen LogP contribution < -0.4 is 0 Å². The maximum Gasteiger partial charge on any atom is 0.0230 e. The highest BCUT2D eigenvalue weighted by atomic mass is 15.2. The number of rotatable bonds is 1. The molecule has 2 rings (SSSR count). The van der Waals surface area contributed by atoms with E-state index < -0.39 is 0 Å². The highest BCUT2D eigenvalue weighted by Gasteiger charge is 2.21. The van der Waals surface area contributed by atoms with Crippen LogP contribution in [0.4, 0.5) is 0 Å². The Morgan fingerprint density at radius 3 is 2.92 bits per heavy atom. The zero-order chi connectivity index (χ0) is 9.26. The van der Waals surface area contributed by atoms with Gasteiger partial charge in [-0.05, 0) is 45.1 Å². The molecule has 13 heavy (non-hydrogen) atoms. The van der Waals surface area contributed by atoms with E-state index in [-0.39, 0.29) is 0 Å². The van der Waals surface area contributed by atoms with E-state index in [9.17, 15) is 0 Å². The molecule has 0 fully saturated rings. The molecule has 2 aliphatic rings. The number of allylic oxidation sites excluding steroid dienone is 4. The Balaban J connectivity index is 2.25. The van der Waals surface area contributed by atoms with Crippen molar-refractivity contribution in [2.75, 3.05) is 6.54 Å². The predicted molar refractivity (Wildman–Crippen MR) is 56.5 cm³/mol. The summed E-state index contributed by atoms with van der Waals surface area (Å²) in [5.74, 6) is 0. The molecular formula is C12H19N. The van der Waals surface area contributed by atoms with Gasteiger partial charge >= 0.3 is 0 Å². The van der Waals surface area contributed by atoms with E-state index in [1.807, 2.05) is 0 Å². The topological polar surface area (TPSA) is 3.24 Å². The Morgan fingerprint density at radius 2 is 2.15 bits per heavy atom. The molecule has 0 atom stereocenters. The predicted octanol–water partition coefficient (Wildman–Crippen LogP) is 3.09. The van der Waals surface area contributed by atoms with Crippen LogP contribution in [-0.4, -0.2) is 17.5 Å². The molecule has 0 saturated carbocycles. The molecule has 0 radical (unpaired) electrons. The fourth-order valence-electron chi connectivity index (χ4n) is 2.40. The van der Waals surface area contributed by atoms with Gasteiger partial charge in [0.15, 0.2) is 0 Å². The molecule has 0 aromatic rings. The first kappa shape index (κ1) is 8.86. The first-order valence-corrected chi connectivity index (χ1v) is 5.44. The van der Waals surface area contributed by atoms with Gasteiger partial charge in [0, 0.05) is 18.3 Å². The summed E-state index contributed by atoms with van der Waals surface area (Å²) < 4.78 is 0. The summed E-state index contributed by atoms with van der Waals surface area (Å²) in [5.41, 5.74) is 3.23. The Hall–Kier alpha value is -0.720. The van der Waals surface area contributed by atoms with Gasteiger partial charge in [0.2, 0.25) is 0 Å². The van der Waals surface area contributed by atoms with Crippen LogP contribution in [0.5, 0.6) is 0 Å². The van der Waals surface area contributed by atoms with Crippen molar-refractivity contribution in [1.29, 1.82) is 0 Å². The third kappa shape index (κ3) is 1.65. The normalized spacial score (nSPS) is 22.5. The number of hydrogen-bond acceptors (Lipinski definition) is 1. The van der Waals surface area contributed by atoms with Crippen LogP contribution in [0.2, 0.25) is 0 Å². The third-order valence-electron chi connectivity index (χ3n) is 3.05. The number of hydrogen-bond donors (Lipinski definition) is 0. The van der Waals surface area contributed by atoms with Crippen molar-refractivity contribution in [3.63, 3.8) is 0 Å². The van der Waals surface area contributed by atoms with Crippen molar-refractivity contribution in [3.05, 3.63) is 23.4 Å². The molecule has 72 valence electrons. The van der Waals surface area contributed by atoms with Gasteiger partial charge in [0.25, 0.3) is 0 Å². The minimum Gasteiger partial charge on any atom is -0.372 e. The minimum absolute atomic E-state index is 0.678. The Labute approximate surface area is 81.1 Å². The summed E-state index contributed by atoms with van der Waals surface area (Å²) in [6.07, 6.45) is 9.80. The second-order valence-electron chi connectivity index (χ2n) is 4.30. The summed E-state index contributed by atoms with van der Waals surface area (Å²) in [4.78, 5) is 2.59. The lowest BCUT2D eigenvalue weighted by molar-refractivity contribution is 0.253. The van der Waals surface area contributed by atoms with E-state index in [0.717, 1.165) is 0 Å². The summed E-state index contributed by atoms with van der Waals surface area (Å²) in [6, 6.07) is 0.678. The molecule has 1 nitrogen and oxygen atoms in total. The molecule has 0 aromatic carbocycles. The highest BCUT2D eigenvalue weighted by molar-refractivity contribution is 5.30. The molecule has 0 spiro atoms. The average Bonchev–Trinajstić information content (AvgIpc) is 2.17. The maximum absolute atomic E-state index is 2.59.